The molecule has 0 radical (unpaired) electrons. The summed E-state index contributed by atoms with van der Waals surface area (Å²) in [4.78, 5) is 2.52. The number of aromatic nitrogens is 1. The summed E-state index contributed by atoms with van der Waals surface area (Å²) in [6.45, 7) is 11.7. The Morgan fingerprint density at radius 2 is 2.00 bits per heavy atom. The molecule has 0 saturated carbocycles. The van der Waals surface area contributed by atoms with E-state index in [2.05, 4.69) is 36.3 Å². The van der Waals surface area contributed by atoms with E-state index in [1.807, 2.05) is 0 Å². The van der Waals surface area contributed by atoms with Gasteiger partial charge in [-0.3, -0.25) is 0 Å². The molecule has 18 heavy (non-hydrogen) atoms. The summed E-state index contributed by atoms with van der Waals surface area (Å²) in [5.74, 6) is 0. The average Bonchev–Trinajstić information content (AvgIpc) is 2.71. The SMILES string of the molecule is CCN(CC)CCCc1c(C)cc2n1CCCC2. The number of nitrogens with zero attached hydrogens (tertiary/aromatic N) is 2. The lowest BCUT2D eigenvalue weighted by Crippen LogP contribution is -2.24. The van der Waals surface area contributed by atoms with Crippen LogP contribution in [0.1, 0.15) is 50.1 Å². The molecule has 0 unspecified atom stereocenters. The van der Waals surface area contributed by atoms with Gasteiger partial charge in [0.15, 0.2) is 0 Å². The minimum atomic E-state index is 1.18. The monoisotopic (exact) mass is 248 g/mol. The molecule has 1 aromatic heterocycles. The fourth-order valence-corrected chi connectivity index (χ4v) is 3.20. The first-order chi connectivity index (χ1) is 8.76. The minimum Gasteiger partial charge on any atom is -0.348 e. The van der Waals surface area contributed by atoms with E-state index in [9.17, 15) is 0 Å². The highest BCUT2D eigenvalue weighted by atomic mass is 15.1. The normalized spacial score (nSPS) is 15.1. The fourth-order valence-electron chi connectivity index (χ4n) is 3.20. The van der Waals surface area contributed by atoms with Crippen LogP contribution in [0.25, 0.3) is 0 Å². The summed E-state index contributed by atoms with van der Waals surface area (Å²) >= 11 is 0. The van der Waals surface area contributed by atoms with Crippen molar-refractivity contribution in [3.63, 3.8) is 0 Å². The van der Waals surface area contributed by atoms with Gasteiger partial charge in [0, 0.05) is 17.9 Å². The van der Waals surface area contributed by atoms with Crippen molar-refractivity contribution < 1.29 is 0 Å². The highest BCUT2D eigenvalue weighted by Gasteiger charge is 2.15. The number of aryl methyl sites for hydroxylation is 2. The van der Waals surface area contributed by atoms with E-state index in [1.54, 1.807) is 11.4 Å². The van der Waals surface area contributed by atoms with Crippen LogP contribution in [0.2, 0.25) is 0 Å². The summed E-state index contributed by atoms with van der Waals surface area (Å²) in [5, 5.41) is 0. The Kier molecular flexibility index (Phi) is 4.87. The Hall–Kier alpha value is -0.760. The first kappa shape index (κ1) is 13.7. The van der Waals surface area contributed by atoms with Crippen LogP contribution in [0.3, 0.4) is 0 Å². The van der Waals surface area contributed by atoms with E-state index < -0.39 is 0 Å². The lowest BCUT2D eigenvalue weighted by Gasteiger charge is -2.20. The topological polar surface area (TPSA) is 8.17 Å². The number of rotatable bonds is 6. The summed E-state index contributed by atoms with van der Waals surface area (Å²) in [6.07, 6.45) is 6.58. The second-order valence-electron chi connectivity index (χ2n) is 5.50. The van der Waals surface area contributed by atoms with Gasteiger partial charge >= 0.3 is 0 Å². The number of fused-ring (bicyclic) bond motifs is 1. The molecular formula is C16H28N2. The molecule has 1 aliphatic heterocycles. The molecule has 102 valence electrons. The van der Waals surface area contributed by atoms with Gasteiger partial charge in [0.1, 0.15) is 0 Å². The van der Waals surface area contributed by atoms with Crippen molar-refractivity contribution in [3.05, 3.63) is 23.0 Å². The van der Waals surface area contributed by atoms with Crippen molar-refractivity contribution >= 4 is 0 Å². The van der Waals surface area contributed by atoms with E-state index >= 15 is 0 Å². The molecule has 1 aliphatic rings. The molecule has 0 spiro atoms. The first-order valence-electron chi connectivity index (χ1n) is 7.66. The van der Waals surface area contributed by atoms with Crippen LogP contribution in [-0.4, -0.2) is 29.1 Å². The molecule has 0 saturated heterocycles. The van der Waals surface area contributed by atoms with Gasteiger partial charge in [-0.25, -0.2) is 0 Å². The fraction of sp³-hybridized carbons (Fsp3) is 0.750. The van der Waals surface area contributed by atoms with Crippen LogP contribution >= 0.6 is 0 Å². The van der Waals surface area contributed by atoms with Gasteiger partial charge in [-0.2, -0.15) is 0 Å². The predicted octanol–water partition coefficient (Wildman–Crippen LogP) is 3.41. The third-order valence-corrected chi connectivity index (χ3v) is 4.36. The molecule has 2 nitrogen and oxygen atoms in total. The molecule has 0 fully saturated rings. The van der Waals surface area contributed by atoms with E-state index in [0.29, 0.717) is 0 Å². The van der Waals surface area contributed by atoms with Crippen LogP contribution in [0, 0.1) is 6.92 Å². The smallest absolute Gasteiger partial charge is 0.0225 e. The number of hydrogen-bond donors (Lipinski definition) is 0. The number of hydrogen-bond acceptors (Lipinski definition) is 1. The van der Waals surface area contributed by atoms with Crippen molar-refractivity contribution in [1.82, 2.24) is 9.47 Å². The van der Waals surface area contributed by atoms with Gasteiger partial charge in [-0.05, 0) is 70.3 Å². The minimum absolute atomic E-state index is 1.18. The lowest BCUT2D eigenvalue weighted by molar-refractivity contribution is 0.299. The van der Waals surface area contributed by atoms with Gasteiger partial charge in [-0.15, -0.1) is 0 Å². The molecule has 0 aliphatic carbocycles. The summed E-state index contributed by atoms with van der Waals surface area (Å²) < 4.78 is 2.60. The maximum atomic E-state index is 2.60. The largest absolute Gasteiger partial charge is 0.348 e. The summed E-state index contributed by atoms with van der Waals surface area (Å²) in [7, 11) is 0. The Balaban J connectivity index is 1.95. The Morgan fingerprint density at radius 3 is 2.72 bits per heavy atom. The van der Waals surface area contributed by atoms with Crippen molar-refractivity contribution in [2.75, 3.05) is 19.6 Å². The zero-order valence-corrected chi connectivity index (χ0v) is 12.3. The van der Waals surface area contributed by atoms with Crippen LogP contribution < -0.4 is 0 Å². The second kappa shape index (κ2) is 6.42. The van der Waals surface area contributed by atoms with Crippen LogP contribution in [0.15, 0.2) is 6.07 Å². The summed E-state index contributed by atoms with van der Waals surface area (Å²) in [5.41, 5.74) is 4.71. The maximum absolute atomic E-state index is 2.60. The molecular weight excluding hydrogens is 220 g/mol. The lowest BCUT2D eigenvalue weighted by atomic mass is 10.1. The second-order valence-corrected chi connectivity index (χ2v) is 5.50. The molecule has 2 rings (SSSR count). The zero-order chi connectivity index (χ0) is 13.0. The molecule has 2 heterocycles. The molecule has 2 heteroatoms. The van der Waals surface area contributed by atoms with E-state index in [4.69, 9.17) is 0 Å². The average molecular weight is 248 g/mol. The molecule has 0 amide bonds. The molecule has 1 aromatic rings. The van der Waals surface area contributed by atoms with Gasteiger partial charge < -0.3 is 9.47 Å². The predicted molar refractivity (Wildman–Crippen MR) is 78.2 cm³/mol. The highest BCUT2D eigenvalue weighted by Crippen LogP contribution is 2.23. The van der Waals surface area contributed by atoms with E-state index in [-0.39, 0.29) is 0 Å². The molecule has 0 bridgehead atoms. The van der Waals surface area contributed by atoms with Gasteiger partial charge in [-0.1, -0.05) is 13.8 Å². The van der Waals surface area contributed by atoms with E-state index in [1.165, 1.54) is 63.8 Å². The van der Waals surface area contributed by atoms with Crippen molar-refractivity contribution in [1.29, 1.82) is 0 Å². The molecule has 0 aromatic carbocycles. The van der Waals surface area contributed by atoms with Crippen LogP contribution in [0.5, 0.6) is 0 Å². The van der Waals surface area contributed by atoms with Crippen molar-refractivity contribution in [2.45, 2.75) is 59.4 Å². The van der Waals surface area contributed by atoms with Gasteiger partial charge in [0.25, 0.3) is 0 Å². The van der Waals surface area contributed by atoms with E-state index in [0.717, 1.165) is 0 Å². The van der Waals surface area contributed by atoms with Crippen molar-refractivity contribution in [2.24, 2.45) is 0 Å². The highest BCUT2D eigenvalue weighted by molar-refractivity contribution is 5.28. The molecule has 0 atom stereocenters. The Labute approximate surface area is 112 Å². The Morgan fingerprint density at radius 1 is 1.22 bits per heavy atom. The summed E-state index contributed by atoms with van der Waals surface area (Å²) in [6, 6.07) is 2.42. The Bertz CT molecular complexity index is 375. The van der Waals surface area contributed by atoms with Crippen molar-refractivity contribution in [3.8, 4) is 0 Å². The van der Waals surface area contributed by atoms with Gasteiger partial charge in [0.05, 0.1) is 0 Å². The third kappa shape index (κ3) is 2.97. The molecule has 0 N–H and O–H groups in total. The zero-order valence-electron chi connectivity index (χ0n) is 12.3. The van der Waals surface area contributed by atoms with Gasteiger partial charge in [0.2, 0.25) is 0 Å². The standard InChI is InChI=1S/C16H28N2/c1-4-17(5-2)11-8-10-16-14(3)13-15-9-6-7-12-18(15)16/h13H,4-12H2,1-3H3. The van der Waals surface area contributed by atoms with Crippen LogP contribution in [-0.2, 0) is 19.4 Å². The third-order valence-electron chi connectivity index (χ3n) is 4.36. The maximum Gasteiger partial charge on any atom is 0.0225 e. The van der Waals surface area contributed by atoms with Crippen LogP contribution in [0.4, 0.5) is 0 Å². The quantitative estimate of drug-likeness (QED) is 0.749. The first-order valence-corrected chi connectivity index (χ1v) is 7.66.